The van der Waals surface area contributed by atoms with Crippen LogP contribution in [0.3, 0.4) is 0 Å². The van der Waals surface area contributed by atoms with Crippen molar-refractivity contribution in [3.05, 3.63) is 59.1 Å². The van der Waals surface area contributed by atoms with Gasteiger partial charge in [0.25, 0.3) is 0 Å². The molecule has 1 saturated heterocycles. The molecule has 0 unspecified atom stereocenters. The van der Waals surface area contributed by atoms with Crippen LogP contribution in [0.5, 0.6) is 5.75 Å². The minimum atomic E-state index is -0.367. The molecule has 2 amide bonds. The van der Waals surface area contributed by atoms with Crippen LogP contribution in [0.25, 0.3) is 0 Å². The van der Waals surface area contributed by atoms with E-state index in [2.05, 4.69) is 10.2 Å². The Morgan fingerprint density at radius 3 is 2.41 bits per heavy atom. The van der Waals surface area contributed by atoms with Crippen molar-refractivity contribution in [1.29, 1.82) is 0 Å². The van der Waals surface area contributed by atoms with Crippen molar-refractivity contribution in [2.45, 2.75) is 19.4 Å². The number of piperazine rings is 1. The van der Waals surface area contributed by atoms with Crippen LogP contribution in [0.1, 0.15) is 24.9 Å². The Morgan fingerprint density at radius 2 is 1.79 bits per heavy atom. The number of amides is 2. The largest absolute Gasteiger partial charge is 0.497 e. The molecule has 6 nitrogen and oxygen atoms in total. The molecule has 1 atom stereocenters. The van der Waals surface area contributed by atoms with Gasteiger partial charge in [-0.05, 0) is 29.8 Å². The zero-order chi connectivity index (χ0) is 20.8. The van der Waals surface area contributed by atoms with E-state index in [1.807, 2.05) is 41.3 Å². The topological polar surface area (TPSA) is 61.9 Å². The van der Waals surface area contributed by atoms with E-state index in [1.165, 1.54) is 6.92 Å². The van der Waals surface area contributed by atoms with Gasteiger partial charge in [0.2, 0.25) is 11.8 Å². The normalized spacial score (nSPS) is 15.0. The third-order valence-electron chi connectivity index (χ3n) is 5.08. The summed E-state index contributed by atoms with van der Waals surface area (Å²) in [5, 5.41) is 3.50. The van der Waals surface area contributed by atoms with E-state index < -0.39 is 0 Å². The van der Waals surface area contributed by atoms with Crippen molar-refractivity contribution in [1.82, 2.24) is 10.2 Å². The number of hydrogen-bond donors (Lipinski definition) is 1. The van der Waals surface area contributed by atoms with Gasteiger partial charge in [0.05, 0.1) is 19.6 Å². The molecular weight excluding hydrogens is 390 g/mol. The Hall–Kier alpha value is -2.73. The number of carbonyl (C=O) groups is 2. The number of nitrogens with one attached hydrogen (secondary N) is 1. The molecular formula is C22H26ClN3O3. The van der Waals surface area contributed by atoms with Crippen LogP contribution in [0, 0.1) is 0 Å². The molecule has 1 aliphatic heterocycles. The Morgan fingerprint density at radius 1 is 1.10 bits per heavy atom. The highest BCUT2D eigenvalue weighted by Crippen LogP contribution is 2.24. The molecule has 0 aliphatic carbocycles. The molecule has 0 spiro atoms. The molecule has 1 aliphatic rings. The summed E-state index contributed by atoms with van der Waals surface area (Å²) in [6, 6.07) is 14.8. The van der Waals surface area contributed by atoms with Gasteiger partial charge in [-0.15, -0.1) is 0 Å². The summed E-state index contributed by atoms with van der Waals surface area (Å²) in [5.74, 6) is 0.687. The predicted molar refractivity (Wildman–Crippen MR) is 114 cm³/mol. The third-order valence-corrected chi connectivity index (χ3v) is 5.33. The van der Waals surface area contributed by atoms with E-state index in [1.54, 1.807) is 19.2 Å². The van der Waals surface area contributed by atoms with Gasteiger partial charge in [-0.25, -0.2) is 0 Å². The van der Waals surface area contributed by atoms with Crippen molar-refractivity contribution in [2.24, 2.45) is 0 Å². The number of benzene rings is 2. The van der Waals surface area contributed by atoms with Gasteiger partial charge in [0, 0.05) is 49.9 Å². The van der Waals surface area contributed by atoms with Crippen molar-refractivity contribution < 1.29 is 14.3 Å². The highest BCUT2D eigenvalue weighted by Gasteiger charge is 2.25. The summed E-state index contributed by atoms with van der Waals surface area (Å²) in [4.78, 5) is 28.6. The van der Waals surface area contributed by atoms with Gasteiger partial charge >= 0.3 is 0 Å². The lowest BCUT2D eigenvalue weighted by molar-refractivity contribution is -0.132. The van der Waals surface area contributed by atoms with E-state index in [0.29, 0.717) is 18.1 Å². The van der Waals surface area contributed by atoms with E-state index in [9.17, 15) is 9.59 Å². The second kappa shape index (κ2) is 9.65. The second-order valence-electron chi connectivity index (χ2n) is 7.08. The molecule has 1 heterocycles. The van der Waals surface area contributed by atoms with Crippen LogP contribution in [0.4, 0.5) is 5.69 Å². The summed E-state index contributed by atoms with van der Waals surface area (Å²) in [5.41, 5.74) is 1.96. The number of carbonyl (C=O) groups excluding carboxylic acids is 2. The number of anilines is 1. The van der Waals surface area contributed by atoms with Gasteiger partial charge in [-0.3, -0.25) is 9.59 Å². The molecule has 0 aromatic heterocycles. The summed E-state index contributed by atoms with van der Waals surface area (Å²) >= 11 is 5.96. The number of nitrogens with zero attached hydrogens (tertiary/aromatic N) is 2. The molecule has 29 heavy (non-hydrogen) atoms. The van der Waals surface area contributed by atoms with E-state index >= 15 is 0 Å². The monoisotopic (exact) mass is 415 g/mol. The van der Waals surface area contributed by atoms with Crippen molar-refractivity contribution >= 4 is 29.1 Å². The first kappa shape index (κ1) is 21.0. The Labute approximate surface area is 176 Å². The standard InChI is InChI=1S/C22H26ClN3O3/c1-16(27)24-21(17-6-8-18(23)9-7-17)15-22(28)26-12-10-25(11-13-26)19-4-3-5-20(14-19)29-2/h3-9,14,21H,10-13,15H2,1-2H3,(H,24,27)/t21-/m1/s1. The fourth-order valence-electron chi connectivity index (χ4n) is 3.52. The van der Waals surface area contributed by atoms with Gasteiger partial charge in [-0.2, -0.15) is 0 Å². The minimum absolute atomic E-state index is 0.0315. The molecule has 1 fully saturated rings. The number of hydrogen-bond acceptors (Lipinski definition) is 4. The highest BCUT2D eigenvalue weighted by atomic mass is 35.5. The molecule has 3 rings (SSSR count). The van der Waals surface area contributed by atoms with Gasteiger partial charge < -0.3 is 19.9 Å². The summed E-state index contributed by atoms with van der Waals surface area (Å²) in [6.07, 6.45) is 0.223. The van der Waals surface area contributed by atoms with Crippen LogP contribution in [0.2, 0.25) is 5.02 Å². The highest BCUT2D eigenvalue weighted by molar-refractivity contribution is 6.30. The average Bonchev–Trinajstić information content (AvgIpc) is 2.73. The van der Waals surface area contributed by atoms with Crippen LogP contribution < -0.4 is 15.0 Å². The van der Waals surface area contributed by atoms with Crippen molar-refractivity contribution in [3.63, 3.8) is 0 Å². The number of halogens is 1. The lowest BCUT2D eigenvalue weighted by Crippen LogP contribution is -2.49. The smallest absolute Gasteiger partial charge is 0.225 e. The molecule has 154 valence electrons. The van der Waals surface area contributed by atoms with Gasteiger partial charge in [0.15, 0.2) is 0 Å². The summed E-state index contributed by atoms with van der Waals surface area (Å²) in [7, 11) is 1.65. The second-order valence-corrected chi connectivity index (χ2v) is 7.51. The zero-order valence-corrected chi connectivity index (χ0v) is 17.5. The van der Waals surface area contributed by atoms with Crippen LogP contribution in [-0.2, 0) is 9.59 Å². The first-order chi connectivity index (χ1) is 14.0. The number of methoxy groups -OCH3 is 1. The minimum Gasteiger partial charge on any atom is -0.497 e. The summed E-state index contributed by atoms with van der Waals surface area (Å²) in [6.45, 7) is 4.25. The lowest BCUT2D eigenvalue weighted by atomic mass is 10.0. The maximum atomic E-state index is 12.9. The van der Waals surface area contributed by atoms with Crippen molar-refractivity contribution in [2.75, 3.05) is 38.2 Å². The van der Waals surface area contributed by atoms with Crippen LogP contribution in [-0.4, -0.2) is 50.0 Å². The zero-order valence-electron chi connectivity index (χ0n) is 16.7. The predicted octanol–water partition coefficient (Wildman–Crippen LogP) is 3.26. The maximum Gasteiger partial charge on any atom is 0.225 e. The van der Waals surface area contributed by atoms with Gasteiger partial charge in [0.1, 0.15) is 5.75 Å². The quantitative estimate of drug-likeness (QED) is 0.786. The average molecular weight is 416 g/mol. The van der Waals surface area contributed by atoms with Crippen LogP contribution in [0.15, 0.2) is 48.5 Å². The first-order valence-electron chi connectivity index (χ1n) is 9.65. The molecule has 2 aromatic rings. The summed E-state index contributed by atoms with van der Waals surface area (Å²) < 4.78 is 5.30. The fourth-order valence-corrected chi connectivity index (χ4v) is 3.64. The van der Waals surface area contributed by atoms with Gasteiger partial charge in [-0.1, -0.05) is 29.8 Å². The lowest BCUT2D eigenvalue weighted by Gasteiger charge is -2.36. The molecule has 1 N–H and O–H groups in total. The molecule has 0 bridgehead atoms. The SMILES string of the molecule is COc1cccc(N2CCN(C(=O)C[C@@H](NC(C)=O)c3ccc(Cl)cc3)CC2)c1. The molecule has 7 heteroatoms. The maximum absolute atomic E-state index is 12.9. The molecule has 0 radical (unpaired) electrons. The Kier molecular flexibility index (Phi) is 6.99. The molecule has 0 saturated carbocycles. The Balaban J connectivity index is 1.61. The van der Waals surface area contributed by atoms with E-state index in [0.717, 1.165) is 30.1 Å². The molecule has 2 aromatic carbocycles. The number of rotatable bonds is 6. The number of ether oxygens (including phenoxy) is 1. The van der Waals surface area contributed by atoms with E-state index in [-0.39, 0.29) is 24.3 Å². The Bertz CT molecular complexity index is 849. The van der Waals surface area contributed by atoms with Crippen LogP contribution >= 0.6 is 11.6 Å². The van der Waals surface area contributed by atoms with Crippen molar-refractivity contribution in [3.8, 4) is 5.75 Å². The fraction of sp³-hybridized carbons (Fsp3) is 0.364. The van der Waals surface area contributed by atoms with E-state index in [4.69, 9.17) is 16.3 Å². The third kappa shape index (κ3) is 5.64. The first-order valence-corrected chi connectivity index (χ1v) is 10.0.